The minimum atomic E-state index is -1.89. The molecule has 27 heavy (non-hydrogen) atoms. The number of nitrogens with zero attached hydrogens (tertiary/aromatic N) is 4. The molecule has 0 radical (unpaired) electrons. The number of rotatable bonds is 4. The second-order valence-corrected chi connectivity index (χ2v) is 6.48. The van der Waals surface area contributed by atoms with Gasteiger partial charge in [-0.05, 0) is 28.9 Å². The molecule has 0 fully saturated rings. The topological polar surface area (TPSA) is 64.7 Å². The zero-order valence-corrected chi connectivity index (χ0v) is 15.6. The molecule has 3 rings (SSSR count). The minimum Gasteiger partial charge on any atom is -0.304 e. The summed E-state index contributed by atoms with van der Waals surface area (Å²) < 4.78 is 56.4. The zero-order chi connectivity index (χ0) is 19.9. The van der Waals surface area contributed by atoms with Crippen molar-refractivity contribution in [1.29, 1.82) is 0 Å². The van der Waals surface area contributed by atoms with Gasteiger partial charge in [-0.3, -0.25) is 14.2 Å². The van der Waals surface area contributed by atoms with E-state index in [4.69, 9.17) is 0 Å². The second kappa shape index (κ2) is 7.14. The van der Waals surface area contributed by atoms with Crippen LogP contribution in [0, 0.1) is 30.2 Å². The minimum absolute atomic E-state index is 0.134. The lowest BCUT2D eigenvalue weighted by molar-refractivity contribution is 0.101. The lowest BCUT2D eigenvalue weighted by atomic mass is 10.2. The lowest BCUT2D eigenvalue weighted by Crippen LogP contribution is -2.17. The highest BCUT2D eigenvalue weighted by atomic mass is 79.9. The van der Waals surface area contributed by atoms with Crippen molar-refractivity contribution in [2.45, 2.75) is 13.5 Å². The summed E-state index contributed by atoms with van der Waals surface area (Å²) in [5.74, 6) is -7.11. The molecule has 0 saturated carbocycles. The van der Waals surface area contributed by atoms with E-state index in [1.807, 2.05) is 0 Å². The molecular weight excluding hydrogens is 434 g/mol. The fourth-order valence-electron chi connectivity index (χ4n) is 2.48. The van der Waals surface area contributed by atoms with E-state index in [1.165, 1.54) is 16.9 Å². The summed E-state index contributed by atoms with van der Waals surface area (Å²) in [4.78, 5) is 12.4. The number of anilines is 1. The predicted molar refractivity (Wildman–Crippen MR) is 91.2 cm³/mol. The average molecular weight is 446 g/mol. The van der Waals surface area contributed by atoms with E-state index in [0.29, 0.717) is 16.2 Å². The molecule has 0 atom stereocenters. The van der Waals surface area contributed by atoms with Gasteiger partial charge in [-0.2, -0.15) is 10.2 Å². The number of nitrogens with one attached hydrogen (secondary N) is 1. The van der Waals surface area contributed by atoms with Gasteiger partial charge in [0.25, 0.3) is 5.91 Å². The van der Waals surface area contributed by atoms with E-state index < -0.39 is 34.7 Å². The Kier molecular flexibility index (Phi) is 5.05. The molecule has 2 heterocycles. The standard InChI is InChI=1S/C16H12BrF4N5O/c1-7-11(17)15(25(2)23-7)16(27)22-10-3-4-26(24-10)6-8-5-9(18)13(20)14(21)12(8)19/h3-5H,6H2,1-2H3,(H,22,24,27). The molecule has 0 unspecified atom stereocenters. The number of hydrogen-bond donors (Lipinski definition) is 1. The van der Waals surface area contributed by atoms with E-state index in [2.05, 4.69) is 31.4 Å². The molecule has 1 amide bonds. The molecule has 142 valence electrons. The number of carbonyl (C=O) groups is 1. The highest BCUT2D eigenvalue weighted by Crippen LogP contribution is 2.22. The van der Waals surface area contributed by atoms with Crippen LogP contribution in [0.1, 0.15) is 21.7 Å². The Morgan fingerprint density at radius 3 is 2.52 bits per heavy atom. The van der Waals surface area contributed by atoms with Crippen LogP contribution in [0.5, 0.6) is 0 Å². The van der Waals surface area contributed by atoms with Gasteiger partial charge >= 0.3 is 0 Å². The largest absolute Gasteiger partial charge is 0.304 e. The predicted octanol–water partition coefficient (Wildman–Crippen LogP) is 3.54. The first-order valence-electron chi connectivity index (χ1n) is 7.54. The third-order valence-electron chi connectivity index (χ3n) is 3.76. The quantitative estimate of drug-likeness (QED) is 0.379. The van der Waals surface area contributed by atoms with E-state index in [-0.39, 0.29) is 18.1 Å². The maximum atomic E-state index is 13.8. The van der Waals surface area contributed by atoms with Gasteiger partial charge in [0.1, 0.15) is 5.69 Å². The normalized spacial score (nSPS) is 11.1. The number of halogens is 5. The van der Waals surface area contributed by atoms with Gasteiger partial charge < -0.3 is 5.32 Å². The Morgan fingerprint density at radius 2 is 1.89 bits per heavy atom. The Hall–Kier alpha value is -2.69. The van der Waals surface area contributed by atoms with Crippen LogP contribution in [0.3, 0.4) is 0 Å². The van der Waals surface area contributed by atoms with Gasteiger partial charge in [0, 0.05) is 24.9 Å². The Bertz CT molecular complexity index is 1050. The number of hydrogen-bond acceptors (Lipinski definition) is 3. The van der Waals surface area contributed by atoms with Crippen molar-refractivity contribution in [3.63, 3.8) is 0 Å². The first-order valence-corrected chi connectivity index (χ1v) is 8.34. The first kappa shape index (κ1) is 19.1. The van der Waals surface area contributed by atoms with Gasteiger partial charge in [0.2, 0.25) is 0 Å². The summed E-state index contributed by atoms with van der Waals surface area (Å²) in [7, 11) is 1.60. The van der Waals surface area contributed by atoms with Crippen molar-refractivity contribution in [2.24, 2.45) is 7.05 Å². The van der Waals surface area contributed by atoms with Crippen molar-refractivity contribution in [2.75, 3.05) is 5.32 Å². The van der Waals surface area contributed by atoms with Crippen molar-refractivity contribution in [1.82, 2.24) is 19.6 Å². The van der Waals surface area contributed by atoms with E-state index in [9.17, 15) is 22.4 Å². The van der Waals surface area contributed by atoms with E-state index in [1.54, 1.807) is 14.0 Å². The summed E-state index contributed by atoms with van der Waals surface area (Å²) >= 11 is 3.28. The molecule has 6 nitrogen and oxygen atoms in total. The fraction of sp³-hybridized carbons (Fsp3) is 0.188. The monoisotopic (exact) mass is 445 g/mol. The maximum absolute atomic E-state index is 13.8. The highest BCUT2D eigenvalue weighted by molar-refractivity contribution is 9.10. The summed E-state index contributed by atoms with van der Waals surface area (Å²) in [5.41, 5.74) is 0.483. The van der Waals surface area contributed by atoms with E-state index >= 15 is 0 Å². The molecule has 0 aliphatic rings. The van der Waals surface area contributed by atoms with Crippen LogP contribution in [0.4, 0.5) is 23.4 Å². The molecule has 1 aromatic carbocycles. The van der Waals surface area contributed by atoms with Gasteiger partial charge in [0.05, 0.1) is 16.7 Å². The highest BCUT2D eigenvalue weighted by Gasteiger charge is 2.21. The molecule has 0 aliphatic carbocycles. The Balaban J connectivity index is 1.79. The van der Waals surface area contributed by atoms with Gasteiger partial charge in [-0.1, -0.05) is 0 Å². The van der Waals surface area contributed by atoms with Crippen molar-refractivity contribution >= 4 is 27.7 Å². The molecule has 0 spiro atoms. The summed E-state index contributed by atoms with van der Waals surface area (Å²) in [6.45, 7) is 1.37. The Labute approximate surface area is 158 Å². The van der Waals surface area contributed by atoms with Gasteiger partial charge in [0.15, 0.2) is 29.1 Å². The number of benzene rings is 1. The van der Waals surface area contributed by atoms with E-state index in [0.717, 1.165) is 4.68 Å². The lowest BCUT2D eigenvalue weighted by Gasteiger charge is -2.06. The fourth-order valence-corrected chi connectivity index (χ4v) is 3.00. The van der Waals surface area contributed by atoms with Crippen LogP contribution in [0.25, 0.3) is 0 Å². The van der Waals surface area contributed by atoms with Crippen molar-refractivity contribution in [3.05, 3.63) is 63.0 Å². The summed E-state index contributed by atoms with van der Waals surface area (Å²) in [5, 5.41) is 10.6. The van der Waals surface area contributed by atoms with Gasteiger partial charge in [-0.25, -0.2) is 17.6 Å². The SMILES string of the molecule is Cc1nn(C)c(C(=O)Nc2ccn(Cc3cc(F)c(F)c(F)c3F)n2)c1Br. The third-order valence-corrected chi connectivity index (χ3v) is 4.71. The molecular formula is C16H12BrF4N5O. The molecule has 3 aromatic rings. The second-order valence-electron chi connectivity index (χ2n) is 5.68. The number of aryl methyl sites for hydroxylation is 2. The molecule has 1 N–H and O–H groups in total. The van der Waals surface area contributed by atoms with Crippen LogP contribution in [-0.4, -0.2) is 25.5 Å². The van der Waals surface area contributed by atoms with Crippen molar-refractivity contribution < 1.29 is 22.4 Å². The average Bonchev–Trinajstić information content (AvgIpc) is 3.14. The number of aromatic nitrogens is 4. The Morgan fingerprint density at radius 1 is 1.19 bits per heavy atom. The van der Waals surface area contributed by atoms with Gasteiger partial charge in [-0.15, -0.1) is 0 Å². The van der Waals surface area contributed by atoms with Crippen LogP contribution < -0.4 is 5.32 Å². The first-order chi connectivity index (χ1) is 12.7. The van der Waals surface area contributed by atoms with Crippen LogP contribution in [0.2, 0.25) is 0 Å². The molecule has 0 bridgehead atoms. The third kappa shape index (κ3) is 3.59. The zero-order valence-electron chi connectivity index (χ0n) is 14.0. The smallest absolute Gasteiger partial charge is 0.276 e. The van der Waals surface area contributed by atoms with Crippen LogP contribution in [-0.2, 0) is 13.6 Å². The molecule has 0 aliphatic heterocycles. The van der Waals surface area contributed by atoms with Crippen molar-refractivity contribution in [3.8, 4) is 0 Å². The summed E-state index contributed by atoms with van der Waals surface area (Å²) in [6, 6.07) is 1.98. The molecule has 0 saturated heterocycles. The summed E-state index contributed by atoms with van der Waals surface area (Å²) in [6.07, 6.45) is 1.37. The maximum Gasteiger partial charge on any atom is 0.276 e. The van der Waals surface area contributed by atoms with Crippen LogP contribution >= 0.6 is 15.9 Å². The molecule has 2 aromatic heterocycles. The van der Waals surface area contributed by atoms with Crippen LogP contribution in [0.15, 0.2) is 22.8 Å². The number of carbonyl (C=O) groups excluding carboxylic acids is 1. The number of amides is 1. The molecule has 11 heteroatoms.